The van der Waals surface area contributed by atoms with Gasteiger partial charge in [0, 0.05) is 74.0 Å². The molecular weight excluding hydrogens is 909 g/mol. The van der Waals surface area contributed by atoms with Crippen molar-refractivity contribution >= 4 is 79.2 Å². The van der Waals surface area contributed by atoms with Crippen LogP contribution in [0.4, 0.5) is 0 Å². The lowest BCUT2D eigenvalue weighted by Gasteiger charge is -2.09. The topological polar surface area (TPSA) is 110 Å². The van der Waals surface area contributed by atoms with Gasteiger partial charge >= 0.3 is 0 Å². The first kappa shape index (κ1) is 44.7. The molecule has 0 atom stereocenters. The Kier molecular flexibility index (Phi) is 11.9. The van der Waals surface area contributed by atoms with Crippen LogP contribution in [0.1, 0.15) is 61.3 Å². The van der Waals surface area contributed by atoms with Crippen molar-refractivity contribution in [3.05, 3.63) is 205 Å². The molecule has 11 aromatic rings. The number of pyridine rings is 2. The van der Waals surface area contributed by atoms with Gasteiger partial charge in [-0.2, -0.15) is 0 Å². The number of nitrogens with one attached hydrogen (secondary N) is 2. The van der Waals surface area contributed by atoms with Crippen LogP contribution in [0.3, 0.4) is 0 Å². The second-order valence-electron chi connectivity index (χ2n) is 19.0. The van der Waals surface area contributed by atoms with E-state index in [-0.39, 0.29) is 0 Å². The van der Waals surface area contributed by atoms with Crippen molar-refractivity contribution in [1.29, 1.82) is 0 Å². The third kappa shape index (κ3) is 8.52. The van der Waals surface area contributed by atoms with Gasteiger partial charge in [0.15, 0.2) is 0 Å². The van der Waals surface area contributed by atoms with Crippen molar-refractivity contribution < 1.29 is 4.74 Å². The molecule has 74 heavy (non-hydrogen) atoms. The van der Waals surface area contributed by atoms with Crippen LogP contribution < -0.4 is 4.74 Å². The van der Waals surface area contributed by atoms with Gasteiger partial charge in [-0.3, -0.25) is 9.97 Å². The Bertz CT molecular complexity index is 4060. The van der Waals surface area contributed by atoms with E-state index in [1.807, 2.05) is 30.9 Å². The van der Waals surface area contributed by atoms with Crippen LogP contribution in [-0.4, -0.2) is 46.1 Å². The van der Waals surface area contributed by atoms with E-state index in [4.69, 9.17) is 24.7 Å². The normalized spacial score (nSPS) is 12.1. The van der Waals surface area contributed by atoms with Gasteiger partial charge in [-0.1, -0.05) is 129 Å². The summed E-state index contributed by atoms with van der Waals surface area (Å²) in [5, 5.41) is 2.16. The van der Waals surface area contributed by atoms with Crippen LogP contribution in [0.15, 0.2) is 183 Å². The quantitative estimate of drug-likeness (QED) is 0.0830. The Hall–Kier alpha value is -9.21. The highest BCUT2D eigenvalue weighted by Crippen LogP contribution is 2.39. The number of benzene rings is 5. The number of nitrogens with zero attached hydrogens (tertiary/aromatic N) is 6. The molecule has 8 heterocycles. The lowest BCUT2D eigenvalue weighted by atomic mass is 10.0. The zero-order valence-corrected chi connectivity index (χ0v) is 40.9. The Balaban J connectivity index is 0.774. The van der Waals surface area contributed by atoms with E-state index in [1.165, 1.54) is 12.8 Å². The molecular formula is C65H52N8O. The first-order valence-electron chi connectivity index (χ1n) is 25.7. The van der Waals surface area contributed by atoms with Crippen molar-refractivity contribution in [3.63, 3.8) is 0 Å². The molecule has 2 N–H and O–H groups in total. The van der Waals surface area contributed by atoms with Crippen molar-refractivity contribution in [2.45, 2.75) is 45.1 Å². The van der Waals surface area contributed by atoms with E-state index in [1.54, 1.807) is 0 Å². The number of unbranched alkanes of at least 4 members (excludes halogenated alkanes) is 5. The molecule has 0 aliphatic carbocycles. The summed E-state index contributed by atoms with van der Waals surface area (Å²) < 4.78 is 8.66. The fraction of sp³-hybridized carbons (Fsp3) is 0.123. The Morgan fingerprint density at radius 1 is 0.378 bits per heavy atom. The molecule has 0 saturated carbocycles. The standard InChI is InChI=1S/C65H52N8O/c1(3-14-40-73-42-68-64-48-24-16-38-66-62(48)63-49(65(64)73)25-17-39-67-63)2-4-15-41-74-47-28-26-46(27-29-47)61-56-36-34-54(71-56)59(44-20-10-6-11-21-44)52-32-30-50(69-52)58(43-18-8-5-9-19-43)51-31-33-53(70-51)60(45-22-12-7-13-23-45)55-35-37-57(61)72-55/h5-13,16-39,42,69,72H,1-4,14-15,40-41H2. The molecule has 0 amide bonds. The second-order valence-corrected chi connectivity index (χ2v) is 19.0. The number of fused-ring (bicyclic) bond motifs is 14. The number of aryl methyl sites for hydroxylation is 1. The van der Waals surface area contributed by atoms with Crippen molar-refractivity contribution in [3.8, 4) is 50.3 Å². The highest BCUT2D eigenvalue weighted by atomic mass is 16.5. The van der Waals surface area contributed by atoms with Gasteiger partial charge in [0.2, 0.25) is 0 Å². The Labute approximate surface area is 428 Å². The van der Waals surface area contributed by atoms with Crippen molar-refractivity contribution in [1.82, 2.24) is 39.5 Å². The zero-order valence-electron chi connectivity index (χ0n) is 40.9. The number of hydrogen-bond donors (Lipinski definition) is 2. The summed E-state index contributed by atoms with van der Waals surface area (Å²) in [6.07, 6.45) is 21.0. The number of H-pyrrole nitrogens is 2. The van der Waals surface area contributed by atoms with Crippen LogP contribution in [0.25, 0.3) is 124 Å². The molecule has 0 fully saturated rings. The van der Waals surface area contributed by atoms with Gasteiger partial charge in [0.25, 0.3) is 0 Å². The maximum atomic E-state index is 6.37. The van der Waals surface area contributed by atoms with Crippen LogP contribution in [0.2, 0.25) is 0 Å². The molecule has 9 heteroatoms. The second kappa shape index (κ2) is 19.8. The van der Waals surface area contributed by atoms with E-state index < -0.39 is 0 Å². The largest absolute Gasteiger partial charge is 0.494 e. The summed E-state index contributed by atoms with van der Waals surface area (Å²) in [4.78, 5) is 32.8. The summed E-state index contributed by atoms with van der Waals surface area (Å²) in [5.74, 6) is 0.858. The highest BCUT2D eigenvalue weighted by Gasteiger charge is 2.20. The summed E-state index contributed by atoms with van der Waals surface area (Å²) >= 11 is 0. The zero-order chi connectivity index (χ0) is 49.2. The molecule has 9 nitrogen and oxygen atoms in total. The first-order valence-corrected chi connectivity index (χ1v) is 25.7. The molecule has 0 spiro atoms. The molecule has 13 rings (SSSR count). The molecule has 0 unspecified atom stereocenters. The van der Waals surface area contributed by atoms with E-state index in [0.717, 1.165) is 160 Å². The van der Waals surface area contributed by atoms with Gasteiger partial charge in [-0.05, 0) is 120 Å². The predicted octanol–water partition coefficient (Wildman–Crippen LogP) is 16.2. The van der Waals surface area contributed by atoms with Crippen LogP contribution >= 0.6 is 0 Å². The predicted molar refractivity (Wildman–Crippen MR) is 304 cm³/mol. The van der Waals surface area contributed by atoms with Crippen LogP contribution in [0, 0.1) is 0 Å². The Morgan fingerprint density at radius 2 is 0.811 bits per heavy atom. The summed E-state index contributed by atoms with van der Waals surface area (Å²) in [6.45, 7) is 1.60. The summed E-state index contributed by atoms with van der Waals surface area (Å²) in [7, 11) is 0. The third-order valence-electron chi connectivity index (χ3n) is 14.3. The average molecular weight is 961 g/mol. The van der Waals surface area contributed by atoms with Crippen molar-refractivity contribution in [2.75, 3.05) is 6.61 Å². The molecule has 8 bridgehead atoms. The summed E-state index contributed by atoms with van der Waals surface area (Å²) in [5.41, 5.74) is 19.8. The minimum Gasteiger partial charge on any atom is -0.494 e. The lowest BCUT2D eigenvalue weighted by Crippen LogP contribution is -1.99. The van der Waals surface area contributed by atoms with Crippen molar-refractivity contribution in [2.24, 2.45) is 0 Å². The highest BCUT2D eigenvalue weighted by molar-refractivity contribution is 6.20. The van der Waals surface area contributed by atoms with Crippen LogP contribution in [-0.2, 0) is 6.54 Å². The van der Waals surface area contributed by atoms with Gasteiger partial charge in [-0.25, -0.2) is 15.0 Å². The SMILES string of the molecule is C1=Cc2nc1c(-c1ccccc1)c1ccc([nH]1)c(-c1ccccc1)c1nc(c(-c3ccc(OCCCCCCCCn4cnc5c6cccnc6c6ncccc6c54)cc3)c3ccc([nH]3)c2-c2ccccc2)C=C1. The number of imidazole rings is 1. The fourth-order valence-corrected chi connectivity index (χ4v) is 10.8. The molecule has 2 aliphatic heterocycles. The lowest BCUT2D eigenvalue weighted by molar-refractivity contribution is 0.304. The number of hydrogen-bond acceptors (Lipinski definition) is 6. The first-order chi connectivity index (χ1) is 36.7. The summed E-state index contributed by atoms with van der Waals surface area (Å²) in [6, 6.07) is 57.0. The fourth-order valence-electron chi connectivity index (χ4n) is 10.8. The minimum absolute atomic E-state index is 0.674. The minimum atomic E-state index is 0.674. The van der Waals surface area contributed by atoms with Gasteiger partial charge in [0.05, 0.1) is 57.8 Å². The van der Waals surface area contributed by atoms with Gasteiger partial charge < -0.3 is 19.3 Å². The average Bonchev–Trinajstić information content (AvgIpc) is 4.35. The number of aromatic nitrogens is 8. The van der Waals surface area contributed by atoms with Crippen LogP contribution in [0.5, 0.6) is 5.75 Å². The monoisotopic (exact) mass is 960 g/mol. The molecule has 0 saturated heterocycles. The maximum absolute atomic E-state index is 6.37. The molecule has 5 aromatic carbocycles. The maximum Gasteiger partial charge on any atom is 0.119 e. The van der Waals surface area contributed by atoms with E-state index in [2.05, 4.69) is 195 Å². The van der Waals surface area contributed by atoms with E-state index >= 15 is 0 Å². The number of rotatable bonds is 14. The third-order valence-corrected chi connectivity index (χ3v) is 14.3. The van der Waals surface area contributed by atoms with E-state index in [9.17, 15) is 0 Å². The molecule has 0 radical (unpaired) electrons. The molecule has 358 valence electrons. The Morgan fingerprint density at radius 3 is 1.31 bits per heavy atom. The number of aromatic amines is 2. The van der Waals surface area contributed by atoms with Gasteiger partial charge in [-0.15, -0.1) is 0 Å². The molecule has 6 aromatic heterocycles. The smallest absolute Gasteiger partial charge is 0.119 e. The van der Waals surface area contributed by atoms with Gasteiger partial charge in [0.1, 0.15) is 5.75 Å². The molecule has 2 aliphatic rings. The number of ether oxygens (including phenoxy) is 1. The van der Waals surface area contributed by atoms with E-state index in [0.29, 0.717) is 6.61 Å².